The first-order valence-electron chi connectivity index (χ1n) is 7.51. The van der Waals surface area contributed by atoms with Crippen molar-refractivity contribution in [1.82, 2.24) is 20.2 Å². The number of hydrogen-bond acceptors (Lipinski definition) is 5. The van der Waals surface area contributed by atoms with Crippen molar-refractivity contribution in [3.8, 4) is 0 Å². The molecule has 114 valence electrons. The summed E-state index contributed by atoms with van der Waals surface area (Å²) in [5.41, 5.74) is 0.999. The summed E-state index contributed by atoms with van der Waals surface area (Å²) in [5, 5.41) is 3.34. The van der Waals surface area contributed by atoms with Gasteiger partial charge in [-0.3, -0.25) is 4.98 Å². The fourth-order valence-corrected chi connectivity index (χ4v) is 2.31. The molecule has 5 nitrogen and oxygen atoms in total. The van der Waals surface area contributed by atoms with Gasteiger partial charge in [-0.1, -0.05) is 6.92 Å². The van der Waals surface area contributed by atoms with Crippen molar-refractivity contribution in [1.29, 1.82) is 0 Å². The molecule has 0 radical (unpaired) electrons. The molecule has 1 unspecified atom stereocenters. The van der Waals surface area contributed by atoms with Crippen molar-refractivity contribution in [3.05, 3.63) is 18.1 Å². The van der Waals surface area contributed by atoms with E-state index < -0.39 is 0 Å². The third kappa shape index (κ3) is 5.43. The Bertz CT molecular complexity index is 363. The molecule has 0 spiro atoms. The van der Waals surface area contributed by atoms with E-state index in [9.17, 15) is 0 Å². The molecule has 20 heavy (non-hydrogen) atoms. The van der Waals surface area contributed by atoms with Gasteiger partial charge in [0.1, 0.15) is 5.82 Å². The average molecular weight is 279 g/mol. The minimum atomic E-state index is 0.424. The summed E-state index contributed by atoms with van der Waals surface area (Å²) in [5.74, 6) is 0.959. The molecule has 0 saturated heterocycles. The van der Waals surface area contributed by atoms with Gasteiger partial charge in [-0.2, -0.15) is 0 Å². The number of rotatable bonds is 9. The van der Waals surface area contributed by atoms with Gasteiger partial charge in [0, 0.05) is 25.7 Å². The van der Waals surface area contributed by atoms with Crippen LogP contribution in [0, 0.1) is 0 Å². The topological polar surface area (TPSA) is 44.3 Å². The minimum absolute atomic E-state index is 0.424. The van der Waals surface area contributed by atoms with Crippen LogP contribution in [0.4, 0.5) is 5.82 Å². The van der Waals surface area contributed by atoms with E-state index in [1.54, 1.807) is 0 Å². The maximum absolute atomic E-state index is 4.56. The largest absolute Gasteiger partial charge is 0.352 e. The van der Waals surface area contributed by atoms with Crippen molar-refractivity contribution in [2.45, 2.75) is 39.8 Å². The molecule has 1 aromatic heterocycles. The van der Waals surface area contributed by atoms with Crippen molar-refractivity contribution in [3.63, 3.8) is 0 Å². The van der Waals surface area contributed by atoms with E-state index in [0.717, 1.165) is 44.1 Å². The number of likely N-dealkylation sites (N-methyl/N-ethyl adjacent to an activating group) is 2. The minimum Gasteiger partial charge on any atom is -0.352 e. The Hall–Kier alpha value is -1.20. The highest BCUT2D eigenvalue weighted by atomic mass is 15.2. The Morgan fingerprint density at radius 1 is 1.20 bits per heavy atom. The van der Waals surface area contributed by atoms with E-state index in [1.807, 2.05) is 12.4 Å². The zero-order valence-corrected chi connectivity index (χ0v) is 13.6. The van der Waals surface area contributed by atoms with Crippen LogP contribution < -0.4 is 10.2 Å². The number of nitrogens with zero attached hydrogens (tertiary/aromatic N) is 4. The number of anilines is 1. The molecular formula is C15H29N5. The second-order valence-electron chi connectivity index (χ2n) is 5.44. The van der Waals surface area contributed by atoms with Crippen molar-refractivity contribution >= 4 is 5.82 Å². The lowest BCUT2D eigenvalue weighted by Crippen LogP contribution is -2.40. The van der Waals surface area contributed by atoms with Gasteiger partial charge in [-0.15, -0.1) is 0 Å². The summed E-state index contributed by atoms with van der Waals surface area (Å²) < 4.78 is 0. The quantitative estimate of drug-likeness (QED) is 0.698. The van der Waals surface area contributed by atoms with E-state index >= 15 is 0 Å². The third-order valence-electron chi connectivity index (χ3n) is 3.22. The molecule has 1 aromatic rings. The highest BCUT2D eigenvalue weighted by Gasteiger charge is 2.15. The summed E-state index contributed by atoms with van der Waals surface area (Å²) in [6.07, 6.45) is 4.90. The molecule has 5 heteroatoms. The first kappa shape index (κ1) is 16.9. The van der Waals surface area contributed by atoms with Crippen LogP contribution in [0.15, 0.2) is 12.4 Å². The number of aromatic nitrogens is 2. The number of nitrogens with one attached hydrogen (secondary N) is 1. The van der Waals surface area contributed by atoms with Gasteiger partial charge in [0.05, 0.1) is 18.1 Å². The highest BCUT2D eigenvalue weighted by Crippen LogP contribution is 2.13. The molecular weight excluding hydrogens is 250 g/mol. The van der Waals surface area contributed by atoms with Gasteiger partial charge in [-0.25, -0.2) is 4.98 Å². The normalized spacial score (nSPS) is 12.7. The summed E-state index contributed by atoms with van der Waals surface area (Å²) >= 11 is 0. The Kier molecular flexibility index (Phi) is 7.47. The van der Waals surface area contributed by atoms with Crippen LogP contribution in [0.1, 0.15) is 32.9 Å². The third-order valence-corrected chi connectivity index (χ3v) is 3.22. The van der Waals surface area contributed by atoms with Crippen LogP contribution in [0.3, 0.4) is 0 Å². The lowest BCUT2D eigenvalue weighted by Gasteiger charge is -2.30. The smallest absolute Gasteiger partial charge is 0.147 e. The van der Waals surface area contributed by atoms with E-state index in [-0.39, 0.29) is 0 Å². The van der Waals surface area contributed by atoms with Crippen molar-refractivity contribution in [2.24, 2.45) is 0 Å². The van der Waals surface area contributed by atoms with Gasteiger partial charge < -0.3 is 15.1 Å². The van der Waals surface area contributed by atoms with E-state index in [4.69, 9.17) is 0 Å². The zero-order valence-electron chi connectivity index (χ0n) is 13.6. The van der Waals surface area contributed by atoms with E-state index in [2.05, 4.69) is 60.0 Å². The van der Waals surface area contributed by atoms with Gasteiger partial charge in [0.25, 0.3) is 0 Å². The van der Waals surface area contributed by atoms with E-state index in [1.165, 1.54) is 0 Å². The molecule has 0 aliphatic rings. The van der Waals surface area contributed by atoms with E-state index in [0.29, 0.717) is 6.04 Å². The van der Waals surface area contributed by atoms with Crippen LogP contribution >= 0.6 is 0 Å². The SMILES string of the molecule is CCCNCc1cnc(N(CC)C(C)CN(C)C)cn1. The fourth-order valence-electron chi connectivity index (χ4n) is 2.31. The van der Waals surface area contributed by atoms with Crippen LogP contribution in [-0.4, -0.2) is 54.6 Å². The van der Waals surface area contributed by atoms with Gasteiger partial charge in [0.15, 0.2) is 0 Å². The molecule has 0 aromatic carbocycles. The number of hydrogen-bond donors (Lipinski definition) is 1. The summed E-state index contributed by atoms with van der Waals surface area (Å²) in [4.78, 5) is 13.5. The second kappa shape index (κ2) is 8.87. The maximum Gasteiger partial charge on any atom is 0.147 e. The first-order chi connectivity index (χ1) is 9.58. The monoisotopic (exact) mass is 279 g/mol. The van der Waals surface area contributed by atoms with Gasteiger partial charge >= 0.3 is 0 Å². The Balaban J connectivity index is 2.64. The molecule has 0 amide bonds. The molecule has 1 rings (SSSR count). The Labute approximate surface area is 123 Å². The van der Waals surface area contributed by atoms with Crippen molar-refractivity contribution < 1.29 is 0 Å². The van der Waals surface area contributed by atoms with Crippen molar-refractivity contribution in [2.75, 3.05) is 38.6 Å². The second-order valence-corrected chi connectivity index (χ2v) is 5.44. The van der Waals surface area contributed by atoms with Gasteiger partial charge in [0.2, 0.25) is 0 Å². The molecule has 0 saturated carbocycles. The molecule has 0 bridgehead atoms. The Morgan fingerprint density at radius 2 is 1.95 bits per heavy atom. The molecule has 1 atom stereocenters. The highest BCUT2D eigenvalue weighted by molar-refractivity contribution is 5.37. The summed E-state index contributed by atoms with van der Waals surface area (Å²) in [6, 6.07) is 0.424. The standard InChI is InChI=1S/C15H29N5/c1-6-8-16-9-14-10-18-15(11-17-14)20(7-2)13(3)12-19(4)5/h10-11,13,16H,6-9,12H2,1-5H3. The van der Waals surface area contributed by atoms with Crippen LogP contribution in [0.2, 0.25) is 0 Å². The molecule has 1 N–H and O–H groups in total. The zero-order chi connectivity index (χ0) is 15.0. The first-order valence-corrected chi connectivity index (χ1v) is 7.51. The summed E-state index contributed by atoms with van der Waals surface area (Å²) in [6.45, 7) is 10.3. The fraction of sp³-hybridized carbons (Fsp3) is 0.733. The maximum atomic E-state index is 4.56. The average Bonchev–Trinajstić information content (AvgIpc) is 2.41. The van der Waals surface area contributed by atoms with Crippen LogP contribution in [-0.2, 0) is 6.54 Å². The molecule has 0 aliphatic heterocycles. The lowest BCUT2D eigenvalue weighted by molar-refractivity contribution is 0.372. The predicted octanol–water partition coefficient (Wildman–Crippen LogP) is 1.75. The molecule has 0 fully saturated rings. The molecule has 1 heterocycles. The van der Waals surface area contributed by atoms with Gasteiger partial charge in [-0.05, 0) is 40.9 Å². The summed E-state index contributed by atoms with van der Waals surface area (Å²) in [7, 11) is 4.19. The van der Waals surface area contributed by atoms with Crippen LogP contribution in [0.5, 0.6) is 0 Å². The molecule has 0 aliphatic carbocycles. The lowest BCUT2D eigenvalue weighted by atomic mass is 10.2. The Morgan fingerprint density at radius 3 is 2.45 bits per heavy atom. The van der Waals surface area contributed by atoms with Crippen LogP contribution in [0.25, 0.3) is 0 Å². The predicted molar refractivity (Wildman–Crippen MR) is 85.1 cm³/mol.